The maximum Gasteiger partial charge on any atom is 0.255 e. The second-order valence-corrected chi connectivity index (χ2v) is 14.8. The van der Waals surface area contributed by atoms with Crippen molar-refractivity contribution in [1.29, 1.82) is 0 Å². The molecule has 258 valence electrons. The molecule has 0 heterocycles. The summed E-state index contributed by atoms with van der Waals surface area (Å²) in [6.07, 6.45) is 17.5. The molecule has 2 saturated carbocycles. The Morgan fingerprint density at radius 1 is 0.612 bits per heavy atom. The van der Waals surface area contributed by atoms with Gasteiger partial charge in [-0.05, 0) is 98.9 Å². The Bertz CT molecular complexity index is 1660. The van der Waals surface area contributed by atoms with E-state index in [1.54, 1.807) is 36.4 Å². The van der Waals surface area contributed by atoms with Crippen LogP contribution < -0.4 is 10.6 Å². The van der Waals surface area contributed by atoms with E-state index in [4.69, 9.17) is 0 Å². The molecule has 0 unspecified atom stereocenters. The summed E-state index contributed by atoms with van der Waals surface area (Å²) in [6.45, 7) is 4.46. The molecule has 2 fully saturated rings. The summed E-state index contributed by atoms with van der Waals surface area (Å²) in [4.78, 5) is 55.0. The number of carbonyl (C=O) groups excluding carboxylic acids is 4. The second-order valence-electron chi connectivity index (χ2n) is 14.8. The van der Waals surface area contributed by atoms with Gasteiger partial charge in [-0.15, -0.1) is 0 Å². The third-order valence-corrected chi connectivity index (χ3v) is 11.5. The SMILES string of the molecule is CCCCCC1CCC(c2ccc(C(=O)Nc3ccc(NC(=O)C4CCC(CCCC)CC4)c4c3C(=O)c3ccccc3C4=O)cc2)CC1. The molecule has 0 radical (unpaired) electrons. The Morgan fingerprint density at radius 3 is 1.71 bits per heavy atom. The Kier molecular flexibility index (Phi) is 11.4. The van der Waals surface area contributed by atoms with Crippen LogP contribution in [0.1, 0.15) is 164 Å². The number of benzene rings is 3. The number of unbranched alkanes of at least 4 members (excludes halogenated alkanes) is 3. The molecule has 3 aromatic rings. The average molecular weight is 661 g/mol. The largest absolute Gasteiger partial charge is 0.325 e. The van der Waals surface area contributed by atoms with Crippen LogP contribution in [0.2, 0.25) is 0 Å². The van der Waals surface area contributed by atoms with E-state index >= 15 is 0 Å². The summed E-state index contributed by atoms with van der Waals surface area (Å²) in [6, 6.07) is 17.9. The van der Waals surface area contributed by atoms with E-state index in [0.29, 0.717) is 34.2 Å². The topological polar surface area (TPSA) is 92.3 Å². The molecular weight excluding hydrogens is 608 g/mol. The molecule has 0 aliphatic heterocycles. The highest BCUT2D eigenvalue weighted by atomic mass is 16.2. The molecule has 0 bridgehead atoms. The predicted octanol–water partition coefficient (Wildman–Crippen LogP) is 10.5. The van der Waals surface area contributed by atoms with E-state index in [-0.39, 0.29) is 46.1 Å². The minimum atomic E-state index is -0.343. The lowest BCUT2D eigenvalue weighted by molar-refractivity contribution is -0.121. The van der Waals surface area contributed by atoms with Crippen molar-refractivity contribution in [3.8, 4) is 0 Å². The smallest absolute Gasteiger partial charge is 0.255 e. The first-order chi connectivity index (χ1) is 23.9. The van der Waals surface area contributed by atoms with Crippen LogP contribution in [0.4, 0.5) is 11.4 Å². The van der Waals surface area contributed by atoms with Crippen LogP contribution in [0, 0.1) is 17.8 Å². The number of amides is 2. The van der Waals surface area contributed by atoms with Gasteiger partial charge in [-0.1, -0.05) is 95.2 Å². The van der Waals surface area contributed by atoms with Crippen LogP contribution in [-0.4, -0.2) is 23.4 Å². The van der Waals surface area contributed by atoms with Crippen molar-refractivity contribution in [1.82, 2.24) is 0 Å². The molecule has 0 atom stereocenters. The van der Waals surface area contributed by atoms with Crippen molar-refractivity contribution >= 4 is 34.8 Å². The van der Waals surface area contributed by atoms with Gasteiger partial charge in [-0.25, -0.2) is 0 Å². The standard InChI is InChI=1S/C43H52N2O4/c1-3-5-7-11-29-14-18-30(19-15-29)31-22-24-33(25-23-31)43(49)45-37-27-26-36(44-42(48)32-20-16-28(17-21-32)10-6-4-2)38-39(37)41(47)35-13-9-8-12-34(35)40(38)46/h8-9,12-13,22-30,32H,3-7,10-11,14-21H2,1-2H3,(H,44,48)(H,45,49). The number of nitrogens with one attached hydrogen (secondary N) is 2. The molecule has 6 nitrogen and oxygen atoms in total. The Hall–Kier alpha value is -4.06. The Morgan fingerprint density at radius 2 is 1.14 bits per heavy atom. The van der Waals surface area contributed by atoms with Gasteiger partial charge in [0.15, 0.2) is 11.6 Å². The summed E-state index contributed by atoms with van der Waals surface area (Å²) in [5.41, 5.74) is 3.24. The molecule has 3 aromatic carbocycles. The van der Waals surface area contributed by atoms with Crippen LogP contribution in [0.3, 0.4) is 0 Å². The molecule has 3 aliphatic rings. The van der Waals surface area contributed by atoms with E-state index in [0.717, 1.165) is 31.6 Å². The zero-order valence-corrected chi connectivity index (χ0v) is 29.3. The van der Waals surface area contributed by atoms with E-state index in [1.807, 2.05) is 12.1 Å². The fourth-order valence-electron chi connectivity index (χ4n) is 8.44. The monoisotopic (exact) mass is 660 g/mol. The summed E-state index contributed by atoms with van der Waals surface area (Å²) >= 11 is 0. The lowest BCUT2D eigenvalue weighted by Gasteiger charge is -2.29. The fourth-order valence-corrected chi connectivity index (χ4v) is 8.44. The normalized spacial score (nSPS) is 21.8. The number of hydrogen-bond acceptors (Lipinski definition) is 4. The maximum atomic E-state index is 14.0. The summed E-state index contributed by atoms with van der Waals surface area (Å²) in [5.74, 6) is 0.786. The molecule has 3 aliphatic carbocycles. The number of rotatable bonds is 12. The number of carbonyl (C=O) groups is 4. The molecule has 49 heavy (non-hydrogen) atoms. The lowest BCUT2D eigenvalue weighted by Crippen LogP contribution is -2.30. The van der Waals surface area contributed by atoms with Gasteiger partial charge in [0.25, 0.3) is 5.91 Å². The number of anilines is 2. The summed E-state index contributed by atoms with van der Waals surface area (Å²) in [5, 5.41) is 5.96. The van der Waals surface area contributed by atoms with Crippen molar-refractivity contribution in [2.24, 2.45) is 17.8 Å². The number of fused-ring (bicyclic) bond motifs is 2. The first kappa shape index (κ1) is 34.8. The highest BCUT2D eigenvalue weighted by Crippen LogP contribution is 2.40. The van der Waals surface area contributed by atoms with Gasteiger partial charge in [0.05, 0.1) is 22.5 Å². The maximum absolute atomic E-state index is 14.0. The number of ketones is 2. The van der Waals surface area contributed by atoms with Crippen molar-refractivity contribution in [3.05, 3.63) is 94.0 Å². The van der Waals surface area contributed by atoms with Gasteiger partial charge >= 0.3 is 0 Å². The molecule has 2 amide bonds. The first-order valence-electron chi connectivity index (χ1n) is 18.9. The van der Waals surface area contributed by atoms with Crippen molar-refractivity contribution in [2.75, 3.05) is 10.6 Å². The third-order valence-electron chi connectivity index (χ3n) is 11.5. The lowest BCUT2D eigenvalue weighted by atomic mass is 9.77. The van der Waals surface area contributed by atoms with E-state index in [1.165, 1.54) is 76.2 Å². The molecule has 6 heteroatoms. The minimum Gasteiger partial charge on any atom is -0.325 e. The van der Waals surface area contributed by atoms with E-state index in [9.17, 15) is 19.2 Å². The van der Waals surface area contributed by atoms with Gasteiger partial charge in [0.2, 0.25) is 5.91 Å². The Balaban J connectivity index is 1.18. The van der Waals surface area contributed by atoms with Crippen LogP contribution >= 0.6 is 0 Å². The van der Waals surface area contributed by atoms with Crippen LogP contribution in [0.25, 0.3) is 0 Å². The van der Waals surface area contributed by atoms with E-state index < -0.39 is 0 Å². The van der Waals surface area contributed by atoms with Gasteiger partial charge < -0.3 is 10.6 Å². The summed E-state index contributed by atoms with van der Waals surface area (Å²) in [7, 11) is 0. The highest BCUT2D eigenvalue weighted by Gasteiger charge is 2.35. The van der Waals surface area contributed by atoms with Gasteiger partial charge in [0, 0.05) is 22.6 Å². The van der Waals surface area contributed by atoms with Gasteiger partial charge in [-0.2, -0.15) is 0 Å². The van der Waals surface area contributed by atoms with Crippen LogP contribution in [-0.2, 0) is 4.79 Å². The van der Waals surface area contributed by atoms with E-state index in [2.05, 4.69) is 36.6 Å². The first-order valence-corrected chi connectivity index (χ1v) is 18.9. The average Bonchev–Trinajstić information content (AvgIpc) is 3.14. The van der Waals surface area contributed by atoms with Crippen molar-refractivity contribution < 1.29 is 19.2 Å². The molecule has 6 rings (SSSR count). The van der Waals surface area contributed by atoms with Gasteiger partial charge in [-0.3, -0.25) is 19.2 Å². The zero-order chi connectivity index (χ0) is 34.3. The molecule has 0 spiro atoms. The van der Waals surface area contributed by atoms with Crippen molar-refractivity contribution in [3.63, 3.8) is 0 Å². The molecule has 0 saturated heterocycles. The van der Waals surface area contributed by atoms with Crippen molar-refractivity contribution in [2.45, 2.75) is 116 Å². The second kappa shape index (κ2) is 16.1. The Labute approximate surface area is 291 Å². The predicted molar refractivity (Wildman–Crippen MR) is 197 cm³/mol. The quantitative estimate of drug-likeness (QED) is 0.148. The van der Waals surface area contributed by atoms with Gasteiger partial charge in [0.1, 0.15) is 0 Å². The molecule has 2 N–H and O–H groups in total. The summed E-state index contributed by atoms with van der Waals surface area (Å²) < 4.78 is 0. The van der Waals surface area contributed by atoms with Crippen LogP contribution in [0.15, 0.2) is 60.7 Å². The third kappa shape index (κ3) is 7.90. The number of hydrogen-bond donors (Lipinski definition) is 2. The zero-order valence-electron chi connectivity index (χ0n) is 29.3. The highest BCUT2D eigenvalue weighted by molar-refractivity contribution is 6.33. The molecule has 0 aromatic heterocycles. The van der Waals surface area contributed by atoms with Crippen LogP contribution in [0.5, 0.6) is 0 Å². The fraction of sp³-hybridized carbons (Fsp3) is 0.488. The molecular formula is C43H52N2O4. The minimum absolute atomic E-state index is 0.114.